The number of anilines is 1. The number of aliphatic imine (C=N–C) groups is 1. The summed E-state index contributed by atoms with van der Waals surface area (Å²) in [5.41, 5.74) is 0.714. The SMILES string of the molecule is CCc1nncn1CCNC(=NC)NCCCN1CCN(c2ccccc2F)CC1. The first-order valence-corrected chi connectivity index (χ1v) is 10.7. The Labute approximate surface area is 178 Å². The summed E-state index contributed by atoms with van der Waals surface area (Å²) in [6, 6.07) is 7.03. The minimum absolute atomic E-state index is 0.135. The molecule has 0 saturated carbocycles. The molecular weight excluding hydrogens is 383 g/mol. The fourth-order valence-corrected chi connectivity index (χ4v) is 3.68. The van der Waals surface area contributed by atoms with E-state index in [1.54, 1.807) is 19.4 Å². The number of guanidine groups is 1. The number of nitrogens with one attached hydrogen (secondary N) is 2. The normalized spacial score (nSPS) is 15.4. The lowest BCUT2D eigenvalue weighted by molar-refractivity contribution is 0.254. The van der Waals surface area contributed by atoms with Crippen molar-refractivity contribution in [1.29, 1.82) is 0 Å². The molecule has 3 rings (SSSR count). The summed E-state index contributed by atoms with van der Waals surface area (Å²) in [6.45, 7) is 9.18. The molecule has 0 spiro atoms. The van der Waals surface area contributed by atoms with Crippen LogP contribution in [0.4, 0.5) is 10.1 Å². The van der Waals surface area contributed by atoms with Crippen LogP contribution in [0.2, 0.25) is 0 Å². The fourth-order valence-electron chi connectivity index (χ4n) is 3.68. The molecule has 9 heteroatoms. The van der Waals surface area contributed by atoms with E-state index in [0.717, 1.165) is 77.0 Å². The van der Waals surface area contributed by atoms with Crippen LogP contribution in [0.1, 0.15) is 19.2 Å². The van der Waals surface area contributed by atoms with Gasteiger partial charge in [-0.2, -0.15) is 0 Å². The van der Waals surface area contributed by atoms with Crippen LogP contribution in [0.15, 0.2) is 35.6 Å². The molecule has 1 aliphatic heterocycles. The first-order chi connectivity index (χ1) is 14.7. The van der Waals surface area contributed by atoms with Gasteiger partial charge in [-0.25, -0.2) is 4.39 Å². The van der Waals surface area contributed by atoms with Crippen LogP contribution in [0, 0.1) is 5.82 Å². The minimum Gasteiger partial charge on any atom is -0.367 e. The highest BCUT2D eigenvalue weighted by Gasteiger charge is 2.18. The van der Waals surface area contributed by atoms with E-state index in [2.05, 4.69) is 47.1 Å². The fraction of sp³-hybridized carbons (Fsp3) is 0.571. The van der Waals surface area contributed by atoms with Crippen LogP contribution in [-0.4, -0.2) is 78.5 Å². The molecule has 1 saturated heterocycles. The van der Waals surface area contributed by atoms with Crippen molar-refractivity contribution >= 4 is 11.6 Å². The number of benzene rings is 1. The van der Waals surface area contributed by atoms with Gasteiger partial charge in [-0.1, -0.05) is 19.1 Å². The predicted molar refractivity (Wildman–Crippen MR) is 118 cm³/mol. The summed E-state index contributed by atoms with van der Waals surface area (Å²) in [6.07, 6.45) is 3.68. The second-order valence-corrected chi connectivity index (χ2v) is 7.35. The molecule has 0 atom stereocenters. The van der Waals surface area contributed by atoms with Crippen molar-refractivity contribution in [3.05, 3.63) is 42.2 Å². The number of aromatic nitrogens is 3. The summed E-state index contributed by atoms with van der Waals surface area (Å²) >= 11 is 0. The van der Waals surface area contributed by atoms with E-state index >= 15 is 0 Å². The van der Waals surface area contributed by atoms with E-state index in [0.29, 0.717) is 5.69 Å². The number of para-hydroxylation sites is 1. The average Bonchev–Trinajstić information content (AvgIpc) is 3.24. The molecule has 1 aromatic carbocycles. The van der Waals surface area contributed by atoms with Gasteiger partial charge in [0.15, 0.2) is 5.96 Å². The Balaban J connectivity index is 1.29. The number of rotatable bonds is 9. The van der Waals surface area contributed by atoms with E-state index in [4.69, 9.17) is 0 Å². The average molecular weight is 417 g/mol. The molecule has 1 aromatic heterocycles. The molecule has 164 valence electrons. The highest BCUT2D eigenvalue weighted by molar-refractivity contribution is 5.79. The Bertz CT molecular complexity index is 798. The predicted octanol–water partition coefficient (Wildman–Crippen LogP) is 1.36. The van der Waals surface area contributed by atoms with Crippen molar-refractivity contribution < 1.29 is 4.39 Å². The van der Waals surface area contributed by atoms with Crippen LogP contribution >= 0.6 is 0 Å². The summed E-state index contributed by atoms with van der Waals surface area (Å²) in [5.74, 6) is 1.67. The zero-order chi connectivity index (χ0) is 21.2. The van der Waals surface area contributed by atoms with Gasteiger partial charge in [0.05, 0.1) is 5.69 Å². The number of nitrogens with zero attached hydrogens (tertiary/aromatic N) is 6. The molecule has 0 aliphatic carbocycles. The molecule has 1 aliphatic rings. The number of halogens is 1. The summed E-state index contributed by atoms with van der Waals surface area (Å²) < 4.78 is 16.0. The van der Waals surface area contributed by atoms with Gasteiger partial charge in [-0.15, -0.1) is 10.2 Å². The van der Waals surface area contributed by atoms with Gasteiger partial charge in [0.1, 0.15) is 18.0 Å². The standard InChI is InChI=1S/C21H33FN8/c1-3-20-27-26-17-30(20)12-10-25-21(23-2)24-9-6-11-28-13-15-29(16-14-28)19-8-5-4-7-18(19)22/h4-5,7-8,17H,3,6,9-16H2,1-2H3,(H2,23,24,25). The van der Waals surface area contributed by atoms with Crippen molar-refractivity contribution in [2.24, 2.45) is 4.99 Å². The van der Waals surface area contributed by atoms with Gasteiger partial charge in [-0.05, 0) is 25.1 Å². The minimum atomic E-state index is -0.135. The lowest BCUT2D eigenvalue weighted by Gasteiger charge is -2.36. The monoisotopic (exact) mass is 416 g/mol. The molecule has 0 unspecified atom stereocenters. The Kier molecular flexibility index (Phi) is 8.43. The summed E-state index contributed by atoms with van der Waals surface area (Å²) in [4.78, 5) is 8.86. The van der Waals surface area contributed by atoms with Crippen LogP contribution in [0.3, 0.4) is 0 Å². The molecule has 1 fully saturated rings. The molecule has 0 bridgehead atoms. The lowest BCUT2D eigenvalue weighted by atomic mass is 10.2. The second kappa shape index (κ2) is 11.5. The first-order valence-electron chi connectivity index (χ1n) is 10.7. The van der Waals surface area contributed by atoms with Crippen LogP contribution in [0.5, 0.6) is 0 Å². The van der Waals surface area contributed by atoms with Crippen LogP contribution < -0.4 is 15.5 Å². The van der Waals surface area contributed by atoms with E-state index in [1.807, 2.05) is 12.1 Å². The highest BCUT2D eigenvalue weighted by atomic mass is 19.1. The lowest BCUT2D eigenvalue weighted by Crippen LogP contribution is -2.47. The topological polar surface area (TPSA) is 73.6 Å². The third-order valence-corrected chi connectivity index (χ3v) is 5.39. The molecule has 8 nitrogen and oxygen atoms in total. The van der Waals surface area contributed by atoms with Crippen molar-refractivity contribution in [3.8, 4) is 0 Å². The number of hydrogen-bond acceptors (Lipinski definition) is 5. The maximum atomic E-state index is 13.9. The maximum Gasteiger partial charge on any atom is 0.191 e. The van der Waals surface area contributed by atoms with Gasteiger partial charge in [-0.3, -0.25) is 9.89 Å². The molecule has 0 radical (unpaired) electrons. The zero-order valence-corrected chi connectivity index (χ0v) is 18.0. The van der Waals surface area contributed by atoms with Crippen molar-refractivity contribution in [2.45, 2.75) is 26.3 Å². The molecular formula is C21H33FN8. The van der Waals surface area contributed by atoms with Gasteiger partial charge >= 0.3 is 0 Å². The van der Waals surface area contributed by atoms with E-state index in [9.17, 15) is 4.39 Å². The van der Waals surface area contributed by atoms with Gasteiger partial charge in [0.25, 0.3) is 0 Å². The summed E-state index contributed by atoms with van der Waals surface area (Å²) in [7, 11) is 1.79. The van der Waals surface area contributed by atoms with Gasteiger partial charge < -0.3 is 20.1 Å². The number of aryl methyl sites for hydroxylation is 1. The van der Waals surface area contributed by atoms with Gasteiger partial charge in [0.2, 0.25) is 0 Å². The van der Waals surface area contributed by atoms with E-state index in [1.165, 1.54) is 6.07 Å². The van der Waals surface area contributed by atoms with Crippen molar-refractivity contribution in [3.63, 3.8) is 0 Å². The largest absolute Gasteiger partial charge is 0.367 e. The van der Waals surface area contributed by atoms with Crippen LogP contribution in [-0.2, 0) is 13.0 Å². The summed E-state index contributed by atoms with van der Waals surface area (Å²) in [5, 5.41) is 14.8. The Morgan fingerprint density at radius 2 is 1.87 bits per heavy atom. The first kappa shape index (κ1) is 22.0. The third kappa shape index (κ3) is 6.16. The van der Waals surface area contributed by atoms with Crippen LogP contribution in [0.25, 0.3) is 0 Å². The smallest absolute Gasteiger partial charge is 0.191 e. The quantitative estimate of drug-likeness (QED) is 0.365. The highest BCUT2D eigenvalue weighted by Crippen LogP contribution is 2.20. The molecule has 2 aromatic rings. The van der Waals surface area contributed by atoms with E-state index < -0.39 is 0 Å². The number of piperazine rings is 1. The second-order valence-electron chi connectivity index (χ2n) is 7.35. The van der Waals surface area contributed by atoms with Gasteiger partial charge in [0, 0.05) is 59.3 Å². The molecule has 0 amide bonds. The molecule has 2 heterocycles. The van der Waals surface area contributed by atoms with Crippen molar-refractivity contribution in [1.82, 2.24) is 30.3 Å². The Morgan fingerprint density at radius 3 is 2.60 bits per heavy atom. The van der Waals surface area contributed by atoms with Crippen molar-refractivity contribution in [2.75, 3.05) is 57.8 Å². The Hall–Kier alpha value is -2.68. The zero-order valence-electron chi connectivity index (χ0n) is 18.0. The third-order valence-electron chi connectivity index (χ3n) is 5.39. The number of hydrogen-bond donors (Lipinski definition) is 2. The Morgan fingerprint density at radius 1 is 1.10 bits per heavy atom. The molecule has 30 heavy (non-hydrogen) atoms. The molecule has 2 N–H and O–H groups in total. The maximum absolute atomic E-state index is 13.9. The van der Waals surface area contributed by atoms with E-state index in [-0.39, 0.29) is 5.82 Å².